The summed E-state index contributed by atoms with van der Waals surface area (Å²) in [6.07, 6.45) is 0.754. The number of aromatic nitrogens is 2. The van der Waals surface area contributed by atoms with Crippen LogP contribution in [0, 0.1) is 0 Å². The SMILES string of the molecule is CCNc1cccc(Cc2ccc3ccccc3n2)n1. The molecule has 0 spiro atoms. The van der Waals surface area contributed by atoms with Gasteiger partial charge < -0.3 is 5.32 Å². The van der Waals surface area contributed by atoms with Gasteiger partial charge in [0.1, 0.15) is 5.82 Å². The minimum Gasteiger partial charge on any atom is -0.370 e. The Bertz CT molecular complexity index is 722. The van der Waals surface area contributed by atoms with Crippen LogP contribution in [0.5, 0.6) is 0 Å². The number of hydrogen-bond acceptors (Lipinski definition) is 3. The molecule has 1 aromatic carbocycles. The maximum absolute atomic E-state index is 4.69. The van der Waals surface area contributed by atoms with Crippen molar-refractivity contribution in [3.05, 3.63) is 66.0 Å². The van der Waals surface area contributed by atoms with E-state index in [1.807, 2.05) is 36.4 Å². The minimum atomic E-state index is 0.754. The maximum Gasteiger partial charge on any atom is 0.126 e. The number of benzene rings is 1. The molecule has 0 aliphatic heterocycles. The van der Waals surface area contributed by atoms with Crippen LogP contribution in [-0.4, -0.2) is 16.5 Å². The van der Waals surface area contributed by atoms with Gasteiger partial charge in [-0.2, -0.15) is 0 Å². The highest BCUT2D eigenvalue weighted by Crippen LogP contribution is 2.14. The lowest BCUT2D eigenvalue weighted by molar-refractivity contribution is 1.02. The number of hydrogen-bond donors (Lipinski definition) is 1. The quantitative estimate of drug-likeness (QED) is 0.780. The Kier molecular flexibility index (Phi) is 3.59. The minimum absolute atomic E-state index is 0.754. The van der Waals surface area contributed by atoms with Gasteiger partial charge in [0, 0.05) is 29.7 Å². The van der Waals surface area contributed by atoms with Crippen LogP contribution in [-0.2, 0) is 6.42 Å². The van der Waals surface area contributed by atoms with E-state index >= 15 is 0 Å². The molecule has 0 atom stereocenters. The summed E-state index contributed by atoms with van der Waals surface area (Å²) in [5.41, 5.74) is 3.11. The fourth-order valence-electron chi connectivity index (χ4n) is 2.25. The first-order valence-corrected chi connectivity index (χ1v) is 6.89. The number of anilines is 1. The van der Waals surface area contributed by atoms with Gasteiger partial charge in [-0.25, -0.2) is 4.98 Å². The van der Waals surface area contributed by atoms with Crippen LogP contribution in [0.3, 0.4) is 0 Å². The zero-order chi connectivity index (χ0) is 13.8. The standard InChI is InChI=1S/C17H17N3/c1-2-18-17-9-5-7-14(20-17)12-15-11-10-13-6-3-4-8-16(13)19-15/h3-11H,2,12H2,1H3,(H,18,20). The molecule has 0 radical (unpaired) electrons. The number of nitrogens with zero attached hydrogens (tertiary/aromatic N) is 2. The second-order valence-corrected chi connectivity index (χ2v) is 4.72. The molecule has 2 aromatic heterocycles. The van der Waals surface area contributed by atoms with Crippen molar-refractivity contribution in [2.75, 3.05) is 11.9 Å². The molecule has 0 unspecified atom stereocenters. The van der Waals surface area contributed by atoms with Gasteiger partial charge in [-0.1, -0.05) is 30.3 Å². The lowest BCUT2D eigenvalue weighted by Gasteiger charge is -2.06. The van der Waals surface area contributed by atoms with Gasteiger partial charge in [-0.3, -0.25) is 4.98 Å². The van der Waals surface area contributed by atoms with Gasteiger partial charge in [0.15, 0.2) is 0 Å². The fourth-order valence-corrected chi connectivity index (χ4v) is 2.25. The summed E-state index contributed by atoms with van der Waals surface area (Å²) in [5, 5.41) is 4.40. The number of nitrogens with one attached hydrogen (secondary N) is 1. The molecular formula is C17H17N3. The molecule has 2 heterocycles. The summed E-state index contributed by atoms with van der Waals surface area (Å²) in [6.45, 7) is 2.95. The van der Waals surface area contributed by atoms with Gasteiger partial charge >= 0.3 is 0 Å². The molecule has 0 saturated carbocycles. The van der Waals surface area contributed by atoms with Crippen molar-refractivity contribution in [3.8, 4) is 0 Å². The third-order valence-corrected chi connectivity index (χ3v) is 3.18. The van der Waals surface area contributed by atoms with E-state index in [9.17, 15) is 0 Å². The molecule has 3 aromatic rings. The summed E-state index contributed by atoms with van der Waals surface area (Å²) in [7, 11) is 0. The molecule has 20 heavy (non-hydrogen) atoms. The van der Waals surface area contributed by atoms with Gasteiger partial charge in [-0.15, -0.1) is 0 Å². The summed E-state index contributed by atoms with van der Waals surface area (Å²) < 4.78 is 0. The number of pyridine rings is 2. The van der Waals surface area contributed by atoms with E-state index in [-0.39, 0.29) is 0 Å². The molecule has 0 fully saturated rings. The fraction of sp³-hybridized carbons (Fsp3) is 0.176. The van der Waals surface area contributed by atoms with Crippen molar-refractivity contribution in [1.29, 1.82) is 0 Å². The van der Waals surface area contributed by atoms with Crippen LogP contribution in [0.4, 0.5) is 5.82 Å². The van der Waals surface area contributed by atoms with Crippen LogP contribution in [0.15, 0.2) is 54.6 Å². The van der Waals surface area contributed by atoms with Crippen molar-refractivity contribution < 1.29 is 0 Å². The van der Waals surface area contributed by atoms with Crippen LogP contribution in [0.1, 0.15) is 18.3 Å². The van der Waals surface area contributed by atoms with Gasteiger partial charge in [-0.05, 0) is 31.2 Å². The Morgan fingerprint density at radius 1 is 0.850 bits per heavy atom. The lowest BCUT2D eigenvalue weighted by atomic mass is 10.1. The molecule has 1 N–H and O–H groups in total. The van der Waals surface area contributed by atoms with Crippen LogP contribution < -0.4 is 5.32 Å². The van der Waals surface area contributed by atoms with E-state index in [0.717, 1.165) is 35.7 Å². The molecule has 0 amide bonds. The molecule has 3 heteroatoms. The van der Waals surface area contributed by atoms with Crippen molar-refractivity contribution in [3.63, 3.8) is 0 Å². The highest BCUT2D eigenvalue weighted by atomic mass is 15.0. The first kappa shape index (κ1) is 12.6. The van der Waals surface area contributed by atoms with E-state index in [1.165, 1.54) is 5.39 Å². The number of rotatable bonds is 4. The van der Waals surface area contributed by atoms with E-state index in [0.29, 0.717) is 0 Å². The van der Waals surface area contributed by atoms with Gasteiger partial charge in [0.2, 0.25) is 0 Å². The van der Waals surface area contributed by atoms with E-state index in [2.05, 4.69) is 40.4 Å². The predicted molar refractivity (Wildman–Crippen MR) is 82.9 cm³/mol. The molecule has 3 rings (SSSR count). The van der Waals surface area contributed by atoms with Crippen LogP contribution >= 0.6 is 0 Å². The lowest BCUT2D eigenvalue weighted by Crippen LogP contribution is -2.02. The zero-order valence-corrected chi connectivity index (χ0v) is 11.5. The Morgan fingerprint density at radius 3 is 2.60 bits per heavy atom. The summed E-state index contributed by atoms with van der Waals surface area (Å²) in [4.78, 5) is 9.27. The smallest absolute Gasteiger partial charge is 0.126 e. The van der Waals surface area contributed by atoms with Crippen LogP contribution in [0.25, 0.3) is 10.9 Å². The van der Waals surface area contributed by atoms with Crippen molar-refractivity contribution in [1.82, 2.24) is 9.97 Å². The summed E-state index contributed by atoms with van der Waals surface area (Å²) in [6, 6.07) is 18.4. The van der Waals surface area contributed by atoms with Crippen molar-refractivity contribution in [2.24, 2.45) is 0 Å². The molecule has 0 saturated heterocycles. The van der Waals surface area contributed by atoms with E-state index in [4.69, 9.17) is 0 Å². The first-order valence-electron chi connectivity index (χ1n) is 6.89. The van der Waals surface area contributed by atoms with E-state index in [1.54, 1.807) is 0 Å². The Hall–Kier alpha value is -2.42. The molecule has 0 bridgehead atoms. The largest absolute Gasteiger partial charge is 0.370 e. The molecule has 3 nitrogen and oxygen atoms in total. The average molecular weight is 263 g/mol. The molecule has 0 aliphatic carbocycles. The topological polar surface area (TPSA) is 37.8 Å². The van der Waals surface area contributed by atoms with Crippen molar-refractivity contribution in [2.45, 2.75) is 13.3 Å². The van der Waals surface area contributed by atoms with E-state index < -0.39 is 0 Å². The Morgan fingerprint density at radius 2 is 1.70 bits per heavy atom. The third-order valence-electron chi connectivity index (χ3n) is 3.18. The third kappa shape index (κ3) is 2.77. The highest BCUT2D eigenvalue weighted by molar-refractivity contribution is 5.78. The highest BCUT2D eigenvalue weighted by Gasteiger charge is 2.02. The molecule has 0 aliphatic rings. The second kappa shape index (κ2) is 5.70. The van der Waals surface area contributed by atoms with Crippen molar-refractivity contribution >= 4 is 16.7 Å². The normalized spacial score (nSPS) is 10.7. The monoisotopic (exact) mass is 263 g/mol. The first-order chi connectivity index (χ1) is 9.85. The van der Waals surface area contributed by atoms with Gasteiger partial charge in [0.05, 0.1) is 5.52 Å². The maximum atomic E-state index is 4.69. The Balaban J connectivity index is 1.87. The Labute approximate surface area is 118 Å². The second-order valence-electron chi connectivity index (χ2n) is 4.72. The molecule has 100 valence electrons. The average Bonchev–Trinajstić information content (AvgIpc) is 2.48. The number of para-hydroxylation sites is 1. The zero-order valence-electron chi connectivity index (χ0n) is 11.5. The van der Waals surface area contributed by atoms with Gasteiger partial charge in [0.25, 0.3) is 0 Å². The summed E-state index contributed by atoms with van der Waals surface area (Å²) in [5.74, 6) is 0.922. The van der Waals surface area contributed by atoms with Crippen LogP contribution in [0.2, 0.25) is 0 Å². The predicted octanol–water partition coefficient (Wildman–Crippen LogP) is 3.65. The molecular weight excluding hydrogens is 246 g/mol. The number of fused-ring (bicyclic) bond motifs is 1. The summed E-state index contributed by atoms with van der Waals surface area (Å²) >= 11 is 0.